The Bertz CT molecular complexity index is 1110. The predicted octanol–water partition coefficient (Wildman–Crippen LogP) is 2.03. The Morgan fingerprint density at radius 2 is 2.00 bits per heavy atom. The molecule has 1 aliphatic heterocycles. The number of hydrogen-bond donors (Lipinski definition) is 1. The largest absolute Gasteiger partial charge is 0.481 e. The number of aromatic nitrogens is 2. The minimum atomic E-state index is -0.711. The standard InChI is InChI=1S/C21H20N4O5/c1-24-20(29-2)15-9-8-14(10-16(15)23-24)19(27)22-17(13-6-4-3-5-7-13)11-25-18(26)12-30-21(25)28/h3-10,17H,11-12H2,1-2H3,(H,22,27). The van der Waals surface area contributed by atoms with Crippen LogP contribution in [0.3, 0.4) is 0 Å². The molecular weight excluding hydrogens is 388 g/mol. The molecule has 1 fully saturated rings. The molecule has 1 saturated heterocycles. The van der Waals surface area contributed by atoms with Crippen LogP contribution in [0.5, 0.6) is 5.88 Å². The third-order valence-corrected chi connectivity index (χ3v) is 4.95. The number of rotatable bonds is 6. The highest BCUT2D eigenvalue weighted by Gasteiger charge is 2.33. The van der Waals surface area contributed by atoms with Gasteiger partial charge < -0.3 is 14.8 Å². The quantitative estimate of drug-likeness (QED) is 0.670. The van der Waals surface area contributed by atoms with E-state index in [-0.39, 0.29) is 19.1 Å². The van der Waals surface area contributed by atoms with Crippen LogP contribution in [0.25, 0.3) is 10.9 Å². The Morgan fingerprint density at radius 3 is 2.67 bits per heavy atom. The lowest BCUT2D eigenvalue weighted by Crippen LogP contribution is -2.40. The van der Waals surface area contributed by atoms with Crippen LogP contribution in [0.2, 0.25) is 0 Å². The molecule has 1 unspecified atom stereocenters. The fourth-order valence-corrected chi connectivity index (χ4v) is 3.46. The number of hydrogen-bond acceptors (Lipinski definition) is 6. The summed E-state index contributed by atoms with van der Waals surface area (Å²) in [5, 5.41) is 8.07. The van der Waals surface area contributed by atoms with E-state index < -0.39 is 18.0 Å². The number of fused-ring (bicyclic) bond motifs is 1. The molecule has 9 heteroatoms. The van der Waals surface area contributed by atoms with Gasteiger partial charge in [-0.15, -0.1) is 0 Å². The summed E-state index contributed by atoms with van der Waals surface area (Å²) in [5.74, 6) is -0.183. The molecular formula is C21H20N4O5. The molecule has 1 N–H and O–H groups in total. The number of carbonyl (C=O) groups excluding carboxylic acids is 3. The van der Waals surface area contributed by atoms with Crippen LogP contribution >= 0.6 is 0 Å². The first-order valence-corrected chi connectivity index (χ1v) is 9.31. The smallest absolute Gasteiger partial charge is 0.417 e. The average molecular weight is 408 g/mol. The summed E-state index contributed by atoms with van der Waals surface area (Å²) in [6.07, 6.45) is -0.711. The van der Waals surface area contributed by atoms with Gasteiger partial charge in [0.1, 0.15) is 0 Å². The van der Waals surface area contributed by atoms with E-state index in [0.717, 1.165) is 15.8 Å². The third-order valence-electron chi connectivity index (χ3n) is 4.95. The first-order chi connectivity index (χ1) is 14.5. The van der Waals surface area contributed by atoms with Gasteiger partial charge >= 0.3 is 6.09 Å². The summed E-state index contributed by atoms with van der Waals surface area (Å²) in [4.78, 5) is 37.8. The molecule has 0 bridgehead atoms. The number of amides is 3. The van der Waals surface area contributed by atoms with E-state index in [0.29, 0.717) is 17.0 Å². The van der Waals surface area contributed by atoms with Crippen molar-refractivity contribution in [2.45, 2.75) is 6.04 Å². The maximum absolute atomic E-state index is 13.0. The van der Waals surface area contributed by atoms with Gasteiger partial charge in [-0.05, 0) is 23.8 Å². The molecule has 3 aromatic rings. The summed E-state index contributed by atoms with van der Waals surface area (Å²) >= 11 is 0. The van der Waals surface area contributed by atoms with Gasteiger partial charge in [-0.2, -0.15) is 5.10 Å². The molecule has 9 nitrogen and oxygen atoms in total. The van der Waals surface area contributed by atoms with Crippen molar-refractivity contribution in [3.63, 3.8) is 0 Å². The monoisotopic (exact) mass is 408 g/mol. The summed E-state index contributed by atoms with van der Waals surface area (Å²) in [5.41, 5.74) is 1.79. The van der Waals surface area contributed by atoms with E-state index in [4.69, 9.17) is 9.47 Å². The van der Waals surface area contributed by atoms with Crippen LogP contribution < -0.4 is 10.1 Å². The molecule has 0 aliphatic carbocycles. The van der Waals surface area contributed by atoms with Gasteiger partial charge in [-0.25, -0.2) is 14.4 Å². The summed E-state index contributed by atoms with van der Waals surface area (Å²) in [7, 11) is 3.32. The molecule has 3 amide bonds. The Labute approximate surface area is 172 Å². The molecule has 0 spiro atoms. The number of benzene rings is 2. The van der Waals surface area contributed by atoms with Crippen LogP contribution in [0, 0.1) is 0 Å². The van der Waals surface area contributed by atoms with Gasteiger partial charge in [0.2, 0.25) is 5.88 Å². The molecule has 2 aromatic carbocycles. The molecule has 30 heavy (non-hydrogen) atoms. The lowest BCUT2D eigenvalue weighted by Gasteiger charge is -2.23. The topological polar surface area (TPSA) is 103 Å². The average Bonchev–Trinajstić information content (AvgIpc) is 3.25. The zero-order valence-corrected chi connectivity index (χ0v) is 16.5. The predicted molar refractivity (Wildman–Crippen MR) is 107 cm³/mol. The van der Waals surface area contributed by atoms with Gasteiger partial charge in [-0.1, -0.05) is 30.3 Å². The highest BCUT2D eigenvalue weighted by atomic mass is 16.6. The van der Waals surface area contributed by atoms with Crippen LogP contribution in [-0.2, 0) is 16.6 Å². The SMILES string of the molecule is COc1c2ccc(C(=O)NC(CN3C(=O)COC3=O)c3ccccc3)cc2nn1C. The van der Waals surface area contributed by atoms with E-state index in [9.17, 15) is 14.4 Å². The highest BCUT2D eigenvalue weighted by molar-refractivity contribution is 6.00. The van der Waals surface area contributed by atoms with Gasteiger partial charge in [0.05, 0.1) is 30.6 Å². The normalized spacial score (nSPS) is 14.7. The summed E-state index contributed by atoms with van der Waals surface area (Å²) in [6, 6.07) is 13.7. The highest BCUT2D eigenvalue weighted by Crippen LogP contribution is 2.26. The van der Waals surface area contributed by atoms with Crippen LogP contribution in [0.15, 0.2) is 48.5 Å². The lowest BCUT2D eigenvalue weighted by atomic mass is 10.1. The van der Waals surface area contributed by atoms with Crippen molar-refractivity contribution in [3.05, 3.63) is 59.7 Å². The Morgan fingerprint density at radius 1 is 1.23 bits per heavy atom. The number of aryl methyl sites for hydroxylation is 1. The minimum Gasteiger partial charge on any atom is -0.481 e. The molecule has 154 valence electrons. The zero-order valence-electron chi connectivity index (χ0n) is 16.5. The van der Waals surface area contributed by atoms with Gasteiger partial charge in [0.15, 0.2) is 6.61 Å². The van der Waals surface area contributed by atoms with Gasteiger partial charge in [0, 0.05) is 12.6 Å². The molecule has 4 rings (SSSR count). The number of imide groups is 1. The molecule has 1 aromatic heterocycles. The number of nitrogens with zero attached hydrogens (tertiary/aromatic N) is 3. The van der Waals surface area contributed by atoms with Crippen LogP contribution in [0.1, 0.15) is 22.0 Å². The van der Waals surface area contributed by atoms with Crippen LogP contribution in [-0.4, -0.2) is 52.8 Å². The van der Waals surface area contributed by atoms with Crippen molar-refractivity contribution in [2.75, 3.05) is 20.3 Å². The fourth-order valence-electron chi connectivity index (χ4n) is 3.46. The van der Waals surface area contributed by atoms with Crippen molar-refractivity contribution >= 4 is 28.8 Å². The number of ether oxygens (including phenoxy) is 2. The number of cyclic esters (lactones) is 1. The van der Waals surface area contributed by atoms with Gasteiger partial charge in [-0.3, -0.25) is 9.59 Å². The lowest BCUT2D eigenvalue weighted by molar-refractivity contribution is -0.126. The van der Waals surface area contributed by atoms with Crippen molar-refractivity contribution in [3.8, 4) is 5.88 Å². The van der Waals surface area contributed by atoms with Gasteiger partial charge in [0.25, 0.3) is 11.8 Å². The Hall–Kier alpha value is -3.88. The molecule has 1 aliphatic rings. The maximum atomic E-state index is 13.0. The summed E-state index contributed by atoms with van der Waals surface area (Å²) in [6.45, 7) is -0.306. The number of nitrogens with one attached hydrogen (secondary N) is 1. The van der Waals surface area contributed by atoms with E-state index >= 15 is 0 Å². The first kappa shape index (κ1) is 19.4. The van der Waals surface area contributed by atoms with E-state index in [1.807, 2.05) is 30.3 Å². The Kier molecular flexibility index (Phi) is 5.09. The van der Waals surface area contributed by atoms with Crippen molar-refractivity contribution in [1.29, 1.82) is 0 Å². The molecule has 1 atom stereocenters. The van der Waals surface area contributed by atoms with Crippen molar-refractivity contribution < 1.29 is 23.9 Å². The second-order valence-corrected chi connectivity index (χ2v) is 6.86. The second-order valence-electron chi connectivity index (χ2n) is 6.86. The van der Waals surface area contributed by atoms with Crippen molar-refractivity contribution in [2.24, 2.45) is 7.05 Å². The third kappa shape index (κ3) is 3.57. The minimum absolute atomic E-state index is 0.0208. The van der Waals surface area contributed by atoms with Crippen molar-refractivity contribution in [1.82, 2.24) is 20.0 Å². The zero-order chi connectivity index (χ0) is 21.3. The fraction of sp³-hybridized carbons (Fsp3) is 0.238. The number of methoxy groups -OCH3 is 1. The first-order valence-electron chi connectivity index (χ1n) is 9.31. The Balaban J connectivity index is 1.60. The molecule has 0 radical (unpaired) electrons. The van der Waals surface area contributed by atoms with Crippen LogP contribution in [0.4, 0.5) is 4.79 Å². The molecule has 2 heterocycles. The molecule has 0 saturated carbocycles. The van der Waals surface area contributed by atoms with E-state index in [1.165, 1.54) is 0 Å². The van der Waals surface area contributed by atoms with E-state index in [1.54, 1.807) is 37.0 Å². The van der Waals surface area contributed by atoms with E-state index in [2.05, 4.69) is 10.4 Å². The number of carbonyl (C=O) groups is 3. The maximum Gasteiger partial charge on any atom is 0.417 e. The second kappa shape index (κ2) is 7.86. The summed E-state index contributed by atoms with van der Waals surface area (Å²) < 4.78 is 11.7.